The van der Waals surface area contributed by atoms with Crippen LogP contribution in [-0.2, 0) is 9.84 Å². The van der Waals surface area contributed by atoms with Crippen LogP contribution in [0.5, 0.6) is 0 Å². The molecule has 7 heteroatoms. The average molecular weight is 390 g/mol. The zero-order valence-electron chi connectivity index (χ0n) is 16.0. The summed E-state index contributed by atoms with van der Waals surface area (Å²) in [6.45, 7) is 2.49. The molecule has 2 aromatic rings. The van der Waals surface area contributed by atoms with Crippen LogP contribution < -0.4 is 15.5 Å². The van der Waals surface area contributed by atoms with Crippen LogP contribution in [0.3, 0.4) is 0 Å². The van der Waals surface area contributed by atoms with E-state index in [2.05, 4.69) is 10.6 Å². The van der Waals surface area contributed by atoms with Crippen molar-refractivity contribution < 1.29 is 13.2 Å². The van der Waals surface area contributed by atoms with Gasteiger partial charge in [0.2, 0.25) is 0 Å². The predicted molar refractivity (Wildman–Crippen MR) is 109 cm³/mol. The minimum Gasteiger partial charge on any atom is -0.378 e. The number of nitrogens with one attached hydrogen (secondary N) is 2. The number of nitrogens with zero attached hydrogens (tertiary/aromatic N) is 1. The first-order chi connectivity index (χ1) is 12.9. The lowest BCUT2D eigenvalue weighted by molar-refractivity contribution is 0.241. The molecule has 2 aromatic carbocycles. The van der Waals surface area contributed by atoms with Crippen LogP contribution in [0.25, 0.3) is 0 Å². The van der Waals surface area contributed by atoms with Gasteiger partial charge in [0.1, 0.15) is 5.25 Å². The monoisotopic (exact) mass is 389 g/mol. The van der Waals surface area contributed by atoms with Crippen molar-refractivity contribution in [1.29, 1.82) is 0 Å². The fourth-order valence-corrected chi connectivity index (χ4v) is 4.34. The van der Waals surface area contributed by atoms with Crippen molar-refractivity contribution >= 4 is 21.6 Å². The number of urea groups is 1. The quantitative estimate of drug-likeness (QED) is 0.728. The summed E-state index contributed by atoms with van der Waals surface area (Å²) in [6, 6.07) is 15.3. The van der Waals surface area contributed by atoms with Crippen LogP contribution in [0.1, 0.15) is 24.2 Å². The molecule has 0 aromatic heterocycles. The fraction of sp³-hybridized carbons (Fsp3) is 0.350. The second-order valence-corrected chi connectivity index (χ2v) is 8.60. The Hall–Kier alpha value is -2.54. The number of hydrogen-bond acceptors (Lipinski definition) is 4. The van der Waals surface area contributed by atoms with Crippen LogP contribution in [-0.4, -0.2) is 41.6 Å². The number of carbonyl (C=O) groups is 1. The highest BCUT2D eigenvalue weighted by molar-refractivity contribution is 7.91. The van der Waals surface area contributed by atoms with Gasteiger partial charge in [0.05, 0.1) is 4.90 Å². The predicted octanol–water partition coefficient (Wildman–Crippen LogP) is 2.98. The molecule has 0 bridgehead atoms. The molecule has 6 nitrogen and oxygen atoms in total. The Labute approximate surface area is 161 Å². The summed E-state index contributed by atoms with van der Waals surface area (Å²) < 4.78 is 26.4. The minimum atomic E-state index is -3.66. The van der Waals surface area contributed by atoms with Crippen LogP contribution in [0.4, 0.5) is 10.5 Å². The number of anilines is 1. The molecule has 0 heterocycles. The van der Waals surface area contributed by atoms with Gasteiger partial charge >= 0.3 is 6.03 Å². The number of carbonyl (C=O) groups excluding carboxylic acids is 1. The zero-order chi connectivity index (χ0) is 19.9. The first kappa shape index (κ1) is 20.8. The van der Waals surface area contributed by atoms with Gasteiger partial charge in [-0.15, -0.1) is 0 Å². The van der Waals surface area contributed by atoms with Crippen LogP contribution >= 0.6 is 0 Å². The molecular weight excluding hydrogens is 362 g/mol. The number of rotatable bonds is 8. The Bertz CT molecular complexity index is 835. The molecule has 27 heavy (non-hydrogen) atoms. The third-order valence-electron chi connectivity index (χ3n) is 4.21. The van der Waals surface area contributed by atoms with Gasteiger partial charge in [-0.25, -0.2) is 13.2 Å². The van der Waals surface area contributed by atoms with Crippen molar-refractivity contribution in [3.05, 3.63) is 60.2 Å². The van der Waals surface area contributed by atoms with Gasteiger partial charge in [0, 0.05) is 32.9 Å². The van der Waals surface area contributed by atoms with Gasteiger partial charge in [-0.2, -0.15) is 0 Å². The molecule has 0 saturated heterocycles. The molecule has 0 aliphatic rings. The molecule has 2 rings (SSSR count). The van der Waals surface area contributed by atoms with Crippen LogP contribution in [0, 0.1) is 0 Å². The summed E-state index contributed by atoms with van der Waals surface area (Å²) in [5, 5.41) is 4.52. The molecule has 0 fully saturated rings. The number of amides is 2. The summed E-state index contributed by atoms with van der Waals surface area (Å²) in [5.41, 5.74) is 1.61. The van der Waals surface area contributed by atoms with Crippen molar-refractivity contribution in [3.8, 4) is 0 Å². The van der Waals surface area contributed by atoms with E-state index < -0.39 is 15.1 Å². The van der Waals surface area contributed by atoms with E-state index in [9.17, 15) is 13.2 Å². The first-order valence-corrected chi connectivity index (χ1v) is 10.5. The lowest BCUT2D eigenvalue weighted by Gasteiger charge is -2.20. The summed E-state index contributed by atoms with van der Waals surface area (Å²) in [4.78, 5) is 14.1. The third-order valence-corrected chi connectivity index (χ3v) is 6.33. The van der Waals surface area contributed by atoms with Gasteiger partial charge in [-0.3, -0.25) is 0 Å². The van der Waals surface area contributed by atoms with E-state index >= 15 is 0 Å². The third kappa shape index (κ3) is 5.47. The first-order valence-electron chi connectivity index (χ1n) is 8.94. The van der Waals surface area contributed by atoms with E-state index in [1.165, 1.54) is 0 Å². The smallest absolute Gasteiger partial charge is 0.314 e. The molecule has 0 spiro atoms. The molecule has 0 radical (unpaired) electrons. The Kier molecular flexibility index (Phi) is 7.24. The van der Waals surface area contributed by atoms with E-state index in [4.69, 9.17) is 0 Å². The van der Waals surface area contributed by atoms with Gasteiger partial charge in [0.25, 0.3) is 0 Å². The number of sulfone groups is 1. The number of hydrogen-bond donors (Lipinski definition) is 2. The average Bonchev–Trinajstić information content (AvgIpc) is 2.67. The van der Waals surface area contributed by atoms with Crippen molar-refractivity contribution in [2.75, 3.05) is 32.1 Å². The van der Waals surface area contributed by atoms with Crippen molar-refractivity contribution in [3.63, 3.8) is 0 Å². The zero-order valence-corrected chi connectivity index (χ0v) is 16.8. The molecular formula is C20H27N3O3S. The van der Waals surface area contributed by atoms with Crippen molar-refractivity contribution in [2.45, 2.75) is 23.5 Å². The standard InChI is InChI=1S/C20H27N3O3S/c1-4-14-21-20(24)22-15-19(16-10-12-17(13-11-16)23(2)3)27(25,26)18-8-6-5-7-9-18/h5-13,19H,4,14-15H2,1-3H3,(H2,21,22,24)/t19-/m0/s1. The molecule has 2 amide bonds. The van der Waals surface area contributed by atoms with E-state index in [1.54, 1.807) is 42.5 Å². The number of benzene rings is 2. The van der Waals surface area contributed by atoms with E-state index in [-0.39, 0.29) is 17.5 Å². The van der Waals surface area contributed by atoms with E-state index in [1.807, 2.05) is 38.1 Å². The molecule has 0 unspecified atom stereocenters. The highest BCUT2D eigenvalue weighted by Gasteiger charge is 2.29. The molecule has 0 aliphatic carbocycles. The summed E-state index contributed by atoms with van der Waals surface area (Å²) >= 11 is 0. The molecule has 146 valence electrons. The highest BCUT2D eigenvalue weighted by atomic mass is 32.2. The fourth-order valence-electron chi connectivity index (χ4n) is 2.65. The lowest BCUT2D eigenvalue weighted by atomic mass is 10.1. The van der Waals surface area contributed by atoms with Crippen molar-refractivity contribution in [1.82, 2.24) is 10.6 Å². The topological polar surface area (TPSA) is 78.5 Å². The Morgan fingerprint density at radius 3 is 2.19 bits per heavy atom. The molecule has 0 saturated carbocycles. The van der Waals surface area contributed by atoms with E-state index in [0.717, 1.165) is 12.1 Å². The van der Waals surface area contributed by atoms with E-state index in [0.29, 0.717) is 12.1 Å². The Morgan fingerprint density at radius 2 is 1.63 bits per heavy atom. The van der Waals surface area contributed by atoms with Crippen molar-refractivity contribution in [2.24, 2.45) is 0 Å². The lowest BCUT2D eigenvalue weighted by Crippen LogP contribution is -2.39. The Morgan fingerprint density at radius 1 is 1.00 bits per heavy atom. The van der Waals surface area contributed by atoms with Crippen LogP contribution in [0.2, 0.25) is 0 Å². The second-order valence-electron chi connectivity index (χ2n) is 6.47. The van der Waals surface area contributed by atoms with Gasteiger partial charge in [-0.05, 0) is 36.2 Å². The Balaban J connectivity index is 2.32. The van der Waals surface area contributed by atoms with Gasteiger partial charge in [0.15, 0.2) is 9.84 Å². The van der Waals surface area contributed by atoms with Gasteiger partial charge in [-0.1, -0.05) is 37.3 Å². The highest BCUT2D eigenvalue weighted by Crippen LogP contribution is 2.29. The SMILES string of the molecule is CCCNC(=O)NC[C@@H](c1ccc(N(C)C)cc1)S(=O)(=O)c1ccccc1. The maximum absolute atomic E-state index is 13.2. The van der Waals surface area contributed by atoms with Crippen LogP contribution in [0.15, 0.2) is 59.5 Å². The molecule has 0 aliphatic heterocycles. The largest absolute Gasteiger partial charge is 0.378 e. The second kappa shape index (κ2) is 9.41. The maximum Gasteiger partial charge on any atom is 0.314 e. The summed E-state index contributed by atoms with van der Waals surface area (Å²) in [6.07, 6.45) is 0.811. The minimum absolute atomic E-state index is 0.00587. The van der Waals surface area contributed by atoms with Gasteiger partial charge < -0.3 is 15.5 Å². The summed E-state index contributed by atoms with van der Waals surface area (Å²) in [7, 11) is 0.187. The molecule has 1 atom stereocenters. The maximum atomic E-state index is 13.2. The normalized spacial score (nSPS) is 12.3. The molecule has 2 N–H and O–H groups in total. The summed E-state index contributed by atoms with van der Waals surface area (Å²) in [5.74, 6) is 0.